The number of halogens is 1. The van der Waals surface area contributed by atoms with Gasteiger partial charge in [0, 0.05) is 18.7 Å². The van der Waals surface area contributed by atoms with Gasteiger partial charge in [-0.3, -0.25) is 0 Å². The molecule has 2 heterocycles. The number of fused-ring (bicyclic) bond motifs is 3. The first kappa shape index (κ1) is 19.5. The highest BCUT2D eigenvalue weighted by molar-refractivity contribution is 7.91. The van der Waals surface area contributed by atoms with Crippen molar-refractivity contribution in [3.8, 4) is 5.88 Å². The lowest BCUT2D eigenvalue weighted by atomic mass is 9.94. The number of anilines is 1. The van der Waals surface area contributed by atoms with Crippen LogP contribution in [-0.2, 0) is 35.7 Å². The molecule has 1 aromatic heterocycles. The number of amides is 2. The van der Waals surface area contributed by atoms with Crippen molar-refractivity contribution >= 4 is 21.6 Å². The molecule has 30 heavy (non-hydrogen) atoms. The highest BCUT2D eigenvalue weighted by Crippen LogP contribution is 2.45. The van der Waals surface area contributed by atoms with Gasteiger partial charge in [-0.1, -0.05) is 6.92 Å². The van der Waals surface area contributed by atoms with Crippen molar-refractivity contribution in [2.45, 2.75) is 62.8 Å². The molecule has 0 saturated heterocycles. The first-order valence-electron chi connectivity index (χ1n) is 10.3. The summed E-state index contributed by atoms with van der Waals surface area (Å²) in [6, 6.07) is -0.805. The normalized spacial score (nSPS) is 21.2. The number of hydrogen-bond donors (Lipinski definition) is 2. The summed E-state index contributed by atoms with van der Waals surface area (Å²) in [5.74, 6) is 0.305. The number of aryl methyl sites for hydroxylation is 1. The first-order valence-corrected chi connectivity index (χ1v) is 11.8. The third kappa shape index (κ3) is 3.01. The van der Waals surface area contributed by atoms with E-state index in [4.69, 9.17) is 9.88 Å². The van der Waals surface area contributed by atoms with Crippen LogP contribution in [0.5, 0.6) is 5.88 Å². The maximum atomic E-state index is 15.0. The molecule has 2 atom stereocenters. The van der Waals surface area contributed by atoms with Crippen molar-refractivity contribution in [1.82, 2.24) is 9.78 Å². The predicted molar refractivity (Wildman–Crippen MR) is 110 cm³/mol. The molecule has 5 rings (SSSR count). The number of nitrogens with one attached hydrogen (secondary N) is 1. The quantitative estimate of drug-likeness (QED) is 0.757. The average Bonchev–Trinajstić information content (AvgIpc) is 3.43. The summed E-state index contributed by atoms with van der Waals surface area (Å²) in [5, 5.41) is 12.9. The van der Waals surface area contributed by atoms with Crippen LogP contribution in [-0.4, -0.2) is 26.6 Å². The number of carbonyl (C=O) groups is 1. The number of hydrogen-bond acceptors (Lipinski definition) is 4. The number of aromatic nitrogens is 2. The van der Waals surface area contributed by atoms with Crippen molar-refractivity contribution in [2.75, 3.05) is 11.9 Å². The van der Waals surface area contributed by atoms with E-state index < -0.39 is 15.9 Å². The second-order valence-electron chi connectivity index (χ2n) is 8.16. The Morgan fingerprint density at radius 1 is 1.33 bits per heavy atom. The lowest BCUT2D eigenvalue weighted by Crippen LogP contribution is -2.21. The molecule has 3 aliphatic rings. The van der Waals surface area contributed by atoms with Crippen molar-refractivity contribution < 1.29 is 18.1 Å². The maximum Gasteiger partial charge on any atom is 0.354 e. The Labute approximate surface area is 174 Å². The van der Waals surface area contributed by atoms with Gasteiger partial charge in [0.1, 0.15) is 10.7 Å². The highest BCUT2D eigenvalue weighted by atomic mass is 32.2. The summed E-state index contributed by atoms with van der Waals surface area (Å²) in [7, 11) is -3.55. The van der Waals surface area contributed by atoms with Crippen LogP contribution in [0.4, 0.5) is 14.9 Å². The van der Waals surface area contributed by atoms with E-state index in [0.717, 1.165) is 30.4 Å². The average molecular weight is 434 g/mol. The molecule has 2 amide bonds. The van der Waals surface area contributed by atoms with E-state index in [0.29, 0.717) is 55.1 Å². The van der Waals surface area contributed by atoms with E-state index >= 15 is 0 Å². The van der Waals surface area contributed by atoms with Crippen LogP contribution in [0.2, 0.25) is 0 Å². The van der Waals surface area contributed by atoms with Gasteiger partial charge >= 0.3 is 6.03 Å². The van der Waals surface area contributed by atoms with Crippen molar-refractivity contribution in [1.29, 1.82) is 0 Å². The van der Waals surface area contributed by atoms with E-state index in [-0.39, 0.29) is 16.6 Å². The SMILES string of the molecule is CC1CCc2c(F)c3c(c(NC(=O)N=S(N)(=O)c4cnn5c4OCCC5)c21)CCC3. The van der Waals surface area contributed by atoms with Crippen LogP contribution in [0.25, 0.3) is 0 Å². The zero-order valence-corrected chi connectivity index (χ0v) is 17.6. The number of rotatable bonds is 2. The smallest absolute Gasteiger partial charge is 0.354 e. The van der Waals surface area contributed by atoms with Crippen molar-refractivity contribution in [3.63, 3.8) is 0 Å². The van der Waals surface area contributed by atoms with Gasteiger partial charge in [0.05, 0.1) is 12.8 Å². The molecule has 3 N–H and O–H groups in total. The van der Waals surface area contributed by atoms with E-state index in [1.807, 2.05) is 6.92 Å². The van der Waals surface area contributed by atoms with Crippen molar-refractivity contribution in [3.05, 3.63) is 34.3 Å². The molecule has 2 aromatic rings. The van der Waals surface area contributed by atoms with Gasteiger partial charge in [0.15, 0.2) is 9.92 Å². The standard InChI is InChI=1S/C20H24FN5O3S/c1-11-6-7-14-16(11)18(13-5-2-4-12(13)17(14)21)24-20(27)25-30(22,28)15-10-23-26-8-3-9-29-19(15)26/h10-11H,2-9H2,1H3,(H3,22,24,25,27,28). The fourth-order valence-corrected chi connectivity index (χ4v) is 5.86. The molecule has 0 fully saturated rings. The van der Waals surface area contributed by atoms with Crippen LogP contribution in [0.3, 0.4) is 0 Å². The number of carbonyl (C=O) groups excluding carboxylic acids is 1. The van der Waals surface area contributed by atoms with Gasteiger partial charge in [-0.25, -0.2) is 23.2 Å². The zero-order valence-electron chi connectivity index (χ0n) is 16.7. The molecule has 0 radical (unpaired) electrons. The summed E-state index contributed by atoms with van der Waals surface area (Å²) in [6.07, 6.45) is 5.83. The molecule has 0 saturated carbocycles. The number of nitrogens with zero attached hydrogens (tertiary/aromatic N) is 3. The Hall–Kier alpha value is -2.46. The molecule has 2 aliphatic carbocycles. The van der Waals surface area contributed by atoms with Crippen LogP contribution in [0, 0.1) is 5.82 Å². The summed E-state index contributed by atoms with van der Waals surface area (Å²) in [4.78, 5) is 12.9. The molecule has 8 nitrogen and oxygen atoms in total. The predicted octanol–water partition coefficient (Wildman–Crippen LogP) is 3.28. The van der Waals surface area contributed by atoms with Gasteiger partial charge in [-0.05, 0) is 60.3 Å². The molecule has 2 unspecified atom stereocenters. The monoisotopic (exact) mass is 433 g/mol. The van der Waals surface area contributed by atoms with Gasteiger partial charge in [-0.15, -0.1) is 4.36 Å². The minimum absolute atomic E-state index is 0.111. The van der Waals surface area contributed by atoms with Crippen LogP contribution in [0.15, 0.2) is 15.5 Å². The van der Waals surface area contributed by atoms with E-state index in [1.54, 1.807) is 4.68 Å². The van der Waals surface area contributed by atoms with Gasteiger partial charge in [0.2, 0.25) is 5.88 Å². The number of nitrogens with two attached hydrogens (primary N) is 1. The molecule has 0 spiro atoms. The molecular weight excluding hydrogens is 409 g/mol. The largest absolute Gasteiger partial charge is 0.477 e. The van der Waals surface area contributed by atoms with Crippen LogP contribution in [0.1, 0.15) is 54.4 Å². The maximum absolute atomic E-state index is 15.0. The second-order valence-corrected chi connectivity index (χ2v) is 9.92. The highest BCUT2D eigenvalue weighted by Gasteiger charge is 2.33. The Bertz CT molecular complexity index is 1180. The number of urea groups is 1. The summed E-state index contributed by atoms with van der Waals surface area (Å²) >= 11 is 0. The fourth-order valence-electron chi connectivity index (χ4n) is 4.86. The summed E-state index contributed by atoms with van der Waals surface area (Å²) < 4.78 is 38.9. The minimum atomic E-state index is -3.55. The molecular formula is C20H24FN5O3S. The van der Waals surface area contributed by atoms with E-state index in [2.05, 4.69) is 14.8 Å². The fraction of sp³-hybridized carbons (Fsp3) is 0.500. The Balaban J connectivity index is 1.53. The Kier molecular flexibility index (Phi) is 4.59. The third-order valence-corrected chi connectivity index (χ3v) is 7.59. The second kappa shape index (κ2) is 7.05. The zero-order chi connectivity index (χ0) is 21.0. The number of ether oxygens (including phenoxy) is 1. The van der Waals surface area contributed by atoms with Gasteiger partial charge in [0.25, 0.3) is 0 Å². The Morgan fingerprint density at radius 3 is 2.97 bits per heavy atom. The molecule has 10 heteroatoms. The topological polar surface area (TPSA) is 112 Å². The molecule has 160 valence electrons. The summed E-state index contributed by atoms with van der Waals surface area (Å²) in [6.45, 7) is 3.12. The summed E-state index contributed by atoms with van der Waals surface area (Å²) in [5.41, 5.74) is 3.67. The third-order valence-electron chi connectivity index (χ3n) is 6.24. The van der Waals surface area contributed by atoms with Gasteiger partial charge < -0.3 is 10.1 Å². The lowest BCUT2D eigenvalue weighted by molar-refractivity contribution is 0.224. The van der Waals surface area contributed by atoms with Crippen LogP contribution >= 0.6 is 0 Å². The van der Waals surface area contributed by atoms with Crippen molar-refractivity contribution in [2.24, 2.45) is 9.50 Å². The lowest BCUT2D eigenvalue weighted by Gasteiger charge is -2.19. The molecule has 1 aromatic carbocycles. The van der Waals surface area contributed by atoms with E-state index in [9.17, 15) is 13.4 Å². The molecule has 1 aliphatic heterocycles. The first-order chi connectivity index (χ1) is 14.4. The molecule has 0 bridgehead atoms. The van der Waals surface area contributed by atoms with Crippen LogP contribution < -0.4 is 15.2 Å². The number of benzene rings is 1. The minimum Gasteiger partial charge on any atom is -0.477 e. The Morgan fingerprint density at radius 2 is 2.13 bits per heavy atom. The van der Waals surface area contributed by atoms with Gasteiger partial charge in [-0.2, -0.15) is 5.10 Å². The van der Waals surface area contributed by atoms with E-state index in [1.165, 1.54) is 6.20 Å².